The predicted molar refractivity (Wildman–Crippen MR) is 104 cm³/mol. The molecule has 0 aromatic heterocycles. The lowest BCUT2D eigenvalue weighted by atomic mass is 9.99. The zero-order valence-electron chi connectivity index (χ0n) is 16.3. The number of anilines is 1. The molecule has 0 radical (unpaired) electrons. The van der Waals surface area contributed by atoms with E-state index in [2.05, 4.69) is 4.90 Å². The number of hydrogen-bond donors (Lipinski definition) is 0. The Labute approximate surface area is 165 Å². The van der Waals surface area contributed by atoms with Gasteiger partial charge in [-0.2, -0.15) is 0 Å². The van der Waals surface area contributed by atoms with Crippen molar-refractivity contribution in [3.8, 4) is 0 Å². The zero-order valence-corrected chi connectivity index (χ0v) is 17.1. The number of carbonyl (C=O) groups excluding carboxylic acids is 2. The summed E-state index contributed by atoms with van der Waals surface area (Å²) in [6.07, 6.45) is 2.04. The van der Waals surface area contributed by atoms with E-state index in [0.29, 0.717) is 13.0 Å². The van der Waals surface area contributed by atoms with Crippen LogP contribution in [0.4, 0.5) is 10.5 Å². The monoisotopic (exact) mass is 394 g/mol. The summed E-state index contributed by atoms with van der Waals surface area (Å²) in [6, 6.07) is 5.31. The number of hydrogen-bond acceptors (Lipinski definition) is 5. The first-order valence-corrected chi connectivity index (χ1v) is 9.70. The van der Waals surface area contributed by atoms with Gasteiger partial charge in [0.15, 0.2) is 0 Å². The Morgan fingerprint density at radius 1 is 1.26 bits per heavy atom. The molecule has 1 saturated heterocycles. The van der Waals surface area contributed by atoms with Crippen LogP contribution in [0.15, 0.2) is 18.2 Å². The highest BCUT2D eigenvalue weighted by atomic mass is 35.5. The summed E-state index contributed by atoms with van der Waals surface area (Å²) in [5.74, 6) is -0.406. The van der Waals surface area contributed by atoms with Crippen molar-refractivity contribution < 1.29 is 19.1 Å². The van der Waals surface area contributed by atoms with Crippen LogP contribution in [0.1, 0.15) is 39.2 Å². The second kappa shape index (κ2) is 7.58. The Hall–Kier alpha value is -1.95. The first-order valence-electron chi connectivity index (χ1n) is 9.32. The van der Waals surface area contributed by atoms with Crippen LogP contribution in [0.25, 0.3) is 0 Å². The van der Waals surface area contributed by atoms with Crippen molar-refractivity contribution in [1.29, 1.82) is 0 Å². The first kappa shape index (κ1) is 19.8. The molecule has 1 aromatic rings. The summed E-state index contributed by atoms with van der Waals surface area (Å²) in [6.45, 7) is 6.76. The highest BCUT2D eigenvalue weighted by Crippen LogP contribution is 2.35. The van der Waals surface area contributed by atoms with Gasteiger partial charge in [0.05, 0.1) is 7.11 Å². The molecule has 2 heterocycles. The molecular weight excluding hydrogens is 368 g/mol. The molecule has 0 N–H and O–H groups in total. The molecule has 0 unspecified atom stereocenters. The predicted octanol–water partition coefficient (Wildman–Crippen LogP) is 3.64. The van der Waals surface area contributed by atoms with Crippen molar-refractivity contribution in [2.45, 2.75) is 57.7 Å². The molecule has 27 heavy (non-hydrogen) atoms. The number of methoxy groups -OCH3 is 1. The molecule has 0 saturated carbocycles. The smallest absolute Gasteiger partial charge is 0.411 e. The molecule has 0 spiro atoms. The maximum atomic E-state index is 12.7. The van der Waals surface area contributed by atoms with Gasteiger partial charge in [-0.15, -0.1) is 0 Å². The van der Waals surface area contributed by atoms with Crippen molar-refractivity contribution in [1.82, 2.24) is 4.90 Å². The van der Waals surface area contributed by atoms with E-state index in [1.165, 1.54) is 17.6 Å². The number of carbonyl (C=O) groups is 2. The maximum absolute atomic E-state index is 12.7. The van der Waals surface area contributed by atoms with E-state index in [0.717, 1.165) is 30.1 Å². The van der Waals surface area contributed by atoms with Crippen LogP contribution >= 0.6 is 11.6 Å². The van der Waals surface area contributed by atoms with Gasteiger partial charge >= 0.3 is 12.1 Å². The Kier molecular flexibility index (Phi) is 5.56. The highest BCUT2D eigenvalue weighted by Gasteiger charge is 2.44. The number of esters is 1. The Morgan fingerprint density at radius 3 is 2.67 bits per heavy atom. The average molecular weight is 395 g/mol. The number of halogens is 1. The van der Waals surface area contributed by atoms with Crippen molar-refractivity contribution in [2.24, 2.45) is 0 Å². The van der Waals surface area contributed by atoms with E-state index in [9.17, 15) is 9.59 Å². The van der Waals surface area contributed by atoms with Crippen LogP contribution < -0.4 is 4.90 Å². The number of benzene rings is 1. The van der Waals surface area contributed by atoms with E-state index in [1.54, 1.807) is 0 Å². The van der Waals surface area contributed by atoms with Crippen molar-refractivity contribution in [3.05, 3.63) is 28.8 Å². The van der Waals surface area contributed by atoms with Gasteiger partial charge in [0.25, 0.3) is 0 Å². The molecule has 148 valence electrons. The molecule has 1 aromatic carbocycles. The molecule has 6 nitrogen and oxygen atoms in total. The largest absolute Gasteiger partial charge is 0.467 e. The molecule has 3 rings (SSSR count). The first-order chi connectivity index (χ1) is 12.7. The van der Waals surface area contributed by atoms with Crippen LogP contribution in [0.5, 0.6) is 0 Å². The number of rotatable bonds is 2. The number of aryl methyl sites for hydroxylation is 1. The van der Waals surface area contributed by atoms with E-state index in [-0.39, 0.29) is 6.04 Å². The number of fused-ring (bicyclic) bond motifs is 1. The quantitative estimate of drug-likeness (QED) is 0.716. The van der Waals surface area contributed by atoms with Gasteiger partial charge < -0.3 is 14.4 Å². The Bertz CT molecular complexity index is 731. The van der Waals surface area contributed by atoms with Gasteiger partial charge in [-0.05, 0) is 57.4 Å². The van der Waals surface area contributed by atoms with E-state index < -0.39 is 23.7 Å². The highest BCUT2D eigenvalue weighted by molar-refractivity contribution is 6.30. The van der Waals surface area contributed by atoms with E-state index in [1.807, 2.05) is 39.0 Å². The van der Waals surface area contributed by atoms with Crippen LogP contribution in [0.3, 0.4) is 0 Å². The Balaban J connectivity index is 1.84. The van der Waals surface area contributed by atoms with E-state index >= 15 is 0 Å². The van der Waals surface area contributed by atoms with Crippen molar-refractivity contribution in [2.75, 3.05) is 25.1 Å². The van der Waals surface area contributed by atoms with Crippen LogP contribution in [0, 0.1) is 0 Å². The fraction of sp³-hybridized carbons (Fsp3) is 0.600. The van der Waals surface area contributed by atoms with Crippen LogP contribution in [-0.2, 0) is 20.7 Å². The molecule has 2 aliphatic heterocycles. The minimum atomic E-state index is -0.632. The fourth-order valence-corrected chi connectivity index (χ4v) is 4.09. The third-order valence-corrected chi connectivity index (χ3v) is 5.25. The fourth-order valence-electron chi connectivity index (χ4n) is 3.90. The second-order valence-electron chi connectivity index (χ2n) is 8.13. The van der Waals surface area contributed by atoms with Gasteiger partial charge in [0.1, 0.15) is 11.6 Å². The van der Waals surface area contributed by atoms with Crippen LogP contribution in [0.2, 0.25) is 5.02 Å². The molecule has 1 amide bonds. The maximum Gasteiger partial charge on any atom is 0.411 e. The molecule has 2 aliphatic rings. The van der Waals surface area contributed by atoms with Crippen molar-refractivity contribution in [3.63, 3.8) is 0 Å². The zero-order chi connectivity index (χ0) is 19.8. The van der Waals surface area contributed by atoms with Gasteiger partial charge in [-0.25, -0.2) is 9.59 Å². The SMILES string of the molecule is COC(=O)[C@@H]1C[C@H](N2CCCc3cc(Cl)ccc32)CN1C(=O)OC(C)(C)C. The lowest BCUT2D eigenvalue weighted by Gasteiger charge is -2.36. The summed E-state index contributed by atoms with van der Waals surface area (Å²) in [5, 5.41) is 0.727. The van der Waals surface area contributed by atoms with Gasteiger partial charge in [0.2, 0.25) is 0 Å². The minimum Gasteiger partial charge on any atom is -0.467 e. The summed E-state index contributed by atoms with van der Waals surface area (Å²) >= 11 is 6.14. The van der Waals surface area contributed by atoms with Crippen LogP contribution in [-0.4, -0.2) is 54.8 Å². The molecule has 7 heteroatoms. The number of ether oxygens (including phenoxy) is 2. The third kappa shape index (κ3) is 4.32. The number of nitrogens with zero attached hydrogens (tertiary/aromatic N) is 2. The molecule has 1 fully saturated rings. The van der Waals surface area contributed by atoms with Gasteiger partial charge in [0, 0.05) is 36.3 Å². The average Bonchev–Trinajstić information content (AvgIpc) is 3.04. The lowest BCUT2D eigenvalue weighted by molar-refractivity contribution is -0.145. The Morgan fingerprint density at radius 2 is 2.00 bits per heavy atom. The lowest BCUT2D eigenvalue weighted by Crippen LogP contribution is -2.45. The topological polar surface area (TPSA) is 59.1 Å². The molecule has 0 bridgehead atoms. The molecule has 0 aliphatic carbocycles. The third-order valence-electron chi connectivity index (χ3n) is 5.02. The summed E-state index contributed by atoms with van der Waals surface area (Å²) in [5.41, 5.74) is 1.72. The van der Waals surface area contributed by atoms with Gasteiger partial charge in [-0.1, -0.05) is 11.6 Å². The van der Waals surface area contributed by atoms with Crippen molar-refractivity contribution >= 4 is 29.4 Å². The minimum absolute atomic E-state index is 0.0295. The standard InChI is InChI=1S/C20H27ClN2O4/c1-20(2,3)27-19(25)23-12-15(11-17(23)18(24)26-4)22-9-5-6-13-10-14(21)7-8-16(13)22/h7-8,10,15,17H,5-6,9,11-12H2,1-4H3/t15-,17-/m0/s1. The number of amides is 1. The van der Waals surface area contributed by atoms with Gasteiger partial charge in [-0.3, -0.25) is 4.90 Å². The molecular formula is C20H27ClN2O4. The second-order valence-corrected chi connectivity index (χ2v) is 8.57. The molecule has 2 atom stereocenters. The summed E-state index contributed by atoms with van der Waals surface area (Å²) in [7, 11) is 1.35. The normalized spacial score (nSPS) is 22.4. The summed E-state index contributed by atoms with van der Waals surface area (Å²) < 4.78 is 10.5. The van der Waals surface area contributed by atoms with E-state index in [4.69, 9.17) is 21.1 Å². The number of likely N-dealkylation sites (tertiary alicyclic amines) is 1. The summed E-state index contributed by atoms with van der Waals surface area (Å²) in [4.78, 5) is 28.8.